The Kier molecular flexibility index (Phi) is 7.36. The molecule has 2 aromatic carbocycles. The van der Waals surface area contributed by atoms with Crippen molar-refractivity contribution < 1.29 is 18.7 Å². The molecular weight excluding hydrogens is 371 g/mol. The van der Waals surface area contributed by atoms with Crippen LogP contribution in [0.15, 0.2) is 54.6 Å². The summed E-state index contributed by atoms with van der Waals surface area (Å²) in [5, 5.41) is 3.00. The Bertz CT molecular complexity index is 811. The average molecular weight is 398 g/mol. The number of amides is 2. The van der Waals surface area contributed by atoms with Crippen molar-refractivity contribution in [1.29, 1.82) is 0 Å². The summed E-state index contributed by atoms with van der Waals surface area (Å²) in [5.41, 5.74) is 2.04. The number of nitrogens with one attached hydrogen (secondary N) is 1. The van der Waals surface area contributed by atoms with Crippen LogP contribution in [0.1, 0.15) is 30.0 Å². The standard InChI is InChI=1S/C23H27FN2O3/c1-29-16-22(27)26-15-19(9-12-21(26)18-7-10-20(24)11-8-18)23(28)25-14-13-17-5-3-2-4-6-17/h2-8,10-11,19,21H,9,12-16H2,1H3,(H,25,28). The second-order valence-corrected chi connectivity index (χ2v) is 7.35. The van der Waals surface area contributed by atoms with E-state index in [1.54, 1.807) is 17.0 Å². The van der Waals surface area contributed by atoms with E-state index in [-0.39, 0.29) is 36.2 Å². The summed E-state index contributed by atoms with van der Waals surface area (Å²) >= 11 is 0. The lowest BCUT2D eigenvalue weighted by Gasteiger charge is -2.39. The third-order valence-corrected chi connectivity index (χ3v) is 5.35. The van der Waals surface area contributed by atoms with Gasteiger partial charge in [0.25, 0.3) is 0 Å². The molecule has 0 saturated carbocycles. The maximum Gasteiger partial charge on any atom is 0.249 e. The second kappa shape index (κ2) is 10.2. The molecule has 2 aromatic rings. The van der Waals surface area contributed by atoms with Crippen LogP contribution in [0.4, 0.5) is 4.39 Å². The lowest BCUT2D eigenvalue weighted by atomic mass is 9.88. The largest absolute Gasteiger partial charge is 0.375 e. The molecule has 2 unspecified atom stereocenters. The molecule has 1 aliphatic rings. The highest BCUT2D eigenvalue weighted by Gasteiger charge is 2.35. The summed E-state index contributed by atoms with van der Waals surface area (Å²) in [5.74, 6) is -0.768. The van der Waals surface area contributed by atoms with Crippen molar-refractivity contribution in [3.63, 3.8) is 0 Å². The number of carbonyl (C=O) groups excluding carboxylic acids is 2. The molecule has 0 spiro atoms. The Morgan fingerprint density at radius 3 is 2.52 bits per heavy atom. The number of piperidine rings is 1. The number of carbonyl (C=O) groups is 2. The van der Waals surface area contributed by atoms with Gasteiger partial charge in [-0.2, -0.15) is 0 Å². The van der Waals surface area contributed by atoms with Crippen molar-refractivity contribution in [2.24, 2.45) is 5.92 Å². The lowest BCUT2D eigenvalue weighted by Crippen LogP contribution is -2.48. The SMILES string of the molecule is COCC(=O)N1CC(C(=O)NCCc2ccccc2)CCC1c1ccc(F)cc1. The van der Waals surface area contributed by atoms with Gasteiger partial charge in [0, 0.05) is 20.2 Å². The molecule has 1 N–H and O–H groups in total. The number of hydrogen-bond donors (Lipinski definition) is 1. The predicted molar refractivity (Wildman–Crippen MR) is 109 cm³/mol. The summed E-state index contributed by atoms with van der Waals surface area (Å²) in [6.45, 7) is 0.855. The first-order chi connectivity index (χ1) is 14.1. The molecule has 6 heteroatoms. The number of likely N-dealkylation sites (tertiary alicyclic amines) is 1. The zero-order valence-corrected chi connectivity index (χ0v) is 16.6. The molecule has 0 radical (unpaired) electrons. The predicted octanol–water partition coefficient (Wildman–Crippen LogP) is 3.11. The molecule has 0 aromatic heterocycles. The molecule has 1 heterocycles. The molecule has 1 saturated heterocycles. The lowest BCUT2D eigenvalue weighted by molar-refractivity contribution is -0.142. The van der Waals surface area contributed by atoms with Gasteiger partial charge in [0.2, 0.25) is 11.8 Å². The average Bonchev–Trinajstić information content (AvgIpc) is 2.75. The minimum atomic E-state index is -0.310. The van der Waals surface area contributed by atoms with E-state index >= 15 is 0 Å². The number of benzene rings is 2. The van der Waals surface area contributed by atoms with Gasteiger partial charge in [-0.25, -0.2) is 4.39 Å². The minimum Gasteiger partial charge on any atom is -0.375 e. The fourth-order valence-corrected chi connectivity index (χ4v) is 3.82. The highest BCUT2D eigenvalue weighted by molar-refractivity contribution is 5.82. The molecule has 2 atom stereocenters. The van der Waals surface area contributed by atoms with E-state index in [2.05, 4.69) is 5.32 Å². The molecule has 0 bridgehead atoms. The highest BCUT2D eigenvalue weighted by Crippen LogP contribution is 2.33. The van der Waals surface area contributed by atoms with Crippen LogP contribution >= 0.6 is 0 Å². The first-order valence-electron chi connectivity index (χ1n) is 9.94. The van der Waals surface area contributed by atoms with E-state index < -0.39 is 0 Å². The van der Waals surface area contributed by atoms with Gasteiger partial charge in [-0.1, -0.05) is 42.5 Å². The Labute approximate surface area is 170 Å². The summed E-state index contributed by atoms with van der Waals surface area (Å²) < 4.78 is 18.3. The fraction of sp³-hybridized carbons (Fsp3) is 0.391. The summed E-state index contributed by atoms with van der Waals surface area (Å²) in [6, 6.07) is 16.0. The summed E-state index contributed by atoms with van der Waals surface area (Å²) in [4.78, 5) is 27.0. The third-order valence-electron chi connectivity index (χ3n) is 5.35. The maximum absolute atomic E-state index is 13.3. The molecule has 154 valence electrons. The van der Waals surface area contributed by atoms with E-state index in [0.29, 0.717) is 25.9 Å². The Hall–Kier alpha value is -2.73. The molecule has 1 aliphatic heterocycles. The Morgan fingerprint density at radius 2 is 1.83 bits per heavy atom. The zero-order chi connectivity index (χ0) is 20.6. The number of ether oxygens (including phenoxy) is 1. The van der Waals surface area contributed by atoms with Crippen molar-refractivity contribution in [3.8, 4) is 0 Å². The van der Waals surface area contributed by atoms with Crippen LogP contribution < -0.4 is 5.32 Å². The number of methoxy groups -OCH3 is 1. The monoisotopic (exact) mass is 398 g/mol. The van der Waals surface area contributed by atoms with Crippen LogP contribution in [0, 0.1) is 11.7 Å². The Morgan fingerprint density at radius 1 is 1.10 bits per heavy atom. The molecule has 3 rings (SSSR count). The normalized spacial score (nSPS) is 19.0. The van der Waals surface area contributed by atoms with E-state index in [0.717, 1.165) is 12.0 Å². The molecule has 5 nitrogen and oxygen atoms in total. The van der Waals surface area contributed by atoms with E-state index in [1.807, 2.05) is 30.3 Å². The quantitative estimate of drug-likeness (QED) is 0.780. The highest BCUT2D eigenvalue weighted by atomic mass is 19.1. The van der Waals surface area contributed by atoms with Gasteiger partial charge in [0.1, 0.15) is 12.4 Å². The van der Waals surface area contributed by atoms with Crippen molar-refractivity contribution in [1.82, 2.24) is 10.2 Å². The van der Waals surface area contributed by atoms with Crippen LogP contribution in [0.5, 0.6) is 0 Å². The van der Waals surface area contributed by atoms with Gasteiger partial charge in [0.05, 0.1) is 12.0 Å². The smallest absolute Gasteiger partial charge is 0.249 e. The van der Waals surface area contributed by atoms with Gasteiger partial charge in [-0.05, 0) is 42.5 Å². The molecular formula is C23H27FN2O3. The molecule has 1 fully saturated rings. The van der Waals surface area contributed by atoms with Crippen LogP contribution in [0.2, 0.25) is 0 Å². The second-order valence-electron chi connectivity index (χ2n) is 7.35. The summed E-state index contributed by atoms with van der Waals surface area (Å²) in [6.07, 6.45) is 2.09. The number of nitrogens with zero attached hydrogens (tertiary/aromatic N) is 1. The fourth-order valence-electron chi connectivity index (χ4n) is 3.82. The molecule has 29 heavy (non-hydrogen) atoms. The van der Waals surface area contributed by atoms with Crippen LogP contribution in [-0.4, -0.2) is 43.5 Å². The summed E-state index contributed by atoms with van der Waals surface area (Å²) in [7, 11) is 1.47. The Balaban J connectivity index is 1.62. The van der Waals surface area contributed by atoms with E-state index in [4.69, 9.17) is 4.74 Å². The number of halogens is 1. The molecule has 2 amide bonds. The van der Waals surface area contributed by atoms with Crippen molar-refractivity contribution in [2.75, 3.05) is 26.8 Å². The van der Waals surface area contributed by atoms with Crippen LogP contribution in [0.25, 0.3) is 0 Å². The first kappa shape index (κ1) is 21.0. The number of hydrogen-bond acceptors (Lipinski definition) is 3. The van der Waals surface area contributed by atoms with Crippen LogP contribution in [0.3, 0.4) is 0 Å². The van der Waals surface area contributed by atoms with Crippen molar-refractivity contribution in [3.05, 3.63) is 71.5 Å². The topological polar surface area (TPSA) is 58.6 Å². The van der Waals surface area contributed by atoms with Gasteiger partial charge >= 0.3 is 0 Å². The maximum atomic E-state index is 13.3. The van der Waals surface area contributed by atoms with Gasteiger partial charge in [0.15, 0.2) is 0 Å². The minimum absolute atomic E-state index is 0.0336. The van der Waals surface area contributed by atoms with Gasteiger partial charge in [-0.3, -0.25) is 9.59 Å². The third kappa shape index (κ3) is 5.64. The zero-order valence-electron chi connectivity index (χ0n) is 16.6. The molecule has 0 aliphatic carbocycles. The number of rotatable bonds is 7. The van der Waals surface area contributed by atoms with Crippen molar-refractivity contribution >= 4 is 11.8 Å². The van der Waals surface area contributed by atoms with Crippen molar-refractivity contribution in [2.45, 2.75) is 25.3 Å². The van der Waals surface area contributed by atoms with Gasteiger partial charge in [-0.15, -0.1) is 0 Å². The van der Waals surface area contributed by atoms with Gasteiger partial charge < -0.3 is 15.0 Å². The van der Waals surface area contributed by atoms with E-state index in [9.17, 15) is 14.0 Å². The van der Waals surface area contributed by atoms with E-state index in [1.165, 1.54) is 24.8 Å². The first-order valence-corrected chi connectivity index (χ1v) is 9.94. The van der Waals surface area contributed by atoms with Crippen LogP contribution in [-0.2, 0) is 20.7 Å².